The molecule has 0 aromatic rings. The number of carbonyl (C=O) groups is 1. The van der Waals surface area contributed by atoms with Gasteiger partial charge < -0.3 is 9.84 Å². The fourth-order valence-corrected chi connectivity index (χ4v) is 2.63. The van der Waals surface area contributed by atoms with Crippen LogP contribution in [0.3, 0.4) is 0 Å². The monoisotopic (exact) mass is 253 g/mol. The zero-order chi connectivity index (χ0) is 12.6. The first-order valence-corrected chi connectivity index (χ1v) is 7.29. The van der Waals surface area contributed by atoms with Gasteiger partial charge in [0, 0.05) is 12.6 Å². The third-order valence-corrected chi connectivity index (χ3v) is 4.39. The normalized spacial score (nSPS) is 26.9. The highest BCUT2D eigenvalue weighted by Crippen LogP contribution is 2.42. The molecule has 4 heteroatoms. The number of aliphatic carboxylic acids is 1. The summed E-state index contributed by atoms with van der Waals surface area (Å²) < 4.78 is 5.70. The van der Waals surface area contributed by atoms with E-state index >= 15 is 0 Å². The molecule has 1 unspecified atom stereocenters. The standard InChI is InChI=1S/C14H23NO3/c16-13(17)14(11-3-4-11,15-12-5-6-12)9-18-8-7-10-1-2-10/h10-12,15H,1-9H2,(H,16,17). The Labute approximate surface area is 108 Å². The zero-order valence-electron chi connectivity index (χ0n) is 10.9. The molecule has 4 nitrogen and oxygen atoms in total. The van der Waals surface area contributed by atoms with Crippen molar-refractivity contribution in [3.05, 3.63) is 0 Å². The Kier molecular flexibility index (Phi) is 3.32. The van der Waals surface area contributed by atoms with Gasteiger partial charge in [-0.05, 0) is 43.9 Å². The Bertz CT molecular complexity index is 321. The predicted molar refractivity (Wildman–Crippen MR) is 67.4 cm³/mol. The van der Waals surface area contributed by atoms with Crippen molar-refractivity contribution < 1.29 is 14.6 Å². The molecular weight excluding hydrogens is 230 g/mol. The van der Waals surface area contributed by atoms with Crippen LogP contribution in [-0.4, -0.2) is 35.9 Å². The van der Waals surface area contributed by atoms with Gasteiger partial charge in [0.1, 0.15) is 5.54 Å². The summed E-state index contributed by atoms with van der Waals surface area (Å²) >= 11 is 0. The molecule has 1 atom stereocenters. The molecule has 0 heterocycles. The molecule has 0 bridgehead atoms. The van der Waals surface area contributed by atoms with Crippen molar-refractivity contribution in [2.75, 3.05) is 13.2 Å². The minimum atomic E-state index is -0.801. The van der Waals surface area contributed by atoms with Crippen LogP contribution in [0.1, 0.15) is 44.9 Å². The minimum absolute atomic E-state index is 0.275. The SMILES string of the molecule is O=C(O)C(COCCC1CC1)(NC1CC1)C1CC1. The van der Waals surface area contributed by atoms with E-state index in [4.69, 9.17) is 4.74 Å². The highest BCUT2D eigenvalue weighted by molar-refractivity contribution is 5.80. The van der Waals surface area contributed by atoms with E-state index in [2.05, 4.69) is 5.32 Å². The maximum atomic E-state index is 11.7. The topological polar surface area (TPSA) is 58.6 Å². The molecule has 0 amide bonds. The van der Waals surface area contributed by atoms with Crippen LogP contribution in [0.4, 0.5) is 0 Å². The molecule has 3 fully saturated rings. The zero-order valence-corrected chi connectivity index (χ0v) is 10.9. The predicted octanol–water partition coefficient (Wildman–Crippen LogP) is 1.79. The molecule has 0 aromatic carbocycles. The molecule has 3 saturated carbocycles. The molecule has 2 N–H and O–H groups in total. The molecule has 3 aliphatic rings. The molecule has 3 aliphatic carbocycles. The third kappa shape index (κ3) is 2.86. The largest absolute Gasteiger partial charge is 0.480 e. The van der Waals surface area contributed by atoms with Crippen molar-refractivity contribution in [3.63, 3.8) is 0 Å². The number of ether oxygens (including phenoxy) is 1. The van der Waals surface area contributed by atoms with Crippen LogP contribution in [0.2, 0.25) is 0 Å². The molecular formula is C14H23NO3. The highest BCUT2D eigenvalue weighted by atomic mass is 16.5. The smallest absolute Gasteiger partial charge is 0.326 e. The first kappa shape index (κ1) is 12.4. The van der Waals surface area contributed by atoms with Crippen molar-refractivity contribution >= 4 is 5.97 Å². The second-order valence-corrected chi connectivity index (χ2v) is 6.25. The van der Waals surface area contributed by atoms with E-state index in [-0.39, 0.29) is 5.92 Å². The lowest BCUT2D eigenvalue weighted by Gasteiger charge is -2.30. The van der Waals surface area contributed by atoms with Gasteiger partial charge in [0.25, 0.3) is 0 Å². The summed E-state index contributed by atoms with van der Waals surface area (Å²) in [6, 6.07) is 0.411. The lowest BCUT2D eigenvalue weighted by molar-refractivity contribution is -0.149. The van der Waals surface area contributed by atoms with Gasteiger partial charge in [-0.3, -0.25) is 10.1 Å². The molecule has 3 rings (SSSR count). The average molecular weight is 253 g/mol. The van der Waals surface area contributed by atoms with E-state index < -0.39 is 11.5 Å². The lowest BCUT2D eigenvalue weighted by atomic mass is 9.94. The molecule has 0 saturated heterocycles. The van der Waals surface area contributed by atoms with E-state index in [0.29, 0.717) is 12.6 Å². The molecule has 0 radical (unpaired) electrons. The quantitative estimate of drug-likeness (QED) is 0.615. The van der Waals surface area contributed by atoms with Crippen LogP contribution < -0.4 is 5.32 Å². The minimum Gasteiger partial charge on any atom is -0.480 e. The second kappa shape index (κ2) is 4.82. The van der Waals surface area contributed by atoms with E-state index in [1.807, 2.05) is 0 Å². The van der Waals surface area contributed by atoms with Gasteiger partial charge in [-0.1, -0.05) is 12.8 Å². The lowest BCUT2D eigenvalue weighted by Crippen LogP contribution is -2.58. The molecule has 18 heavy (non-hydrogen) atoms. The summed E-state index contributed by atoms with van der Waals surface area (Å²) in [6.45, 7) is 1.06. The number of nitrogens with one attached hydrogen (secondary N) is 1. The molecule has 0 spiro atoms. The van der Waals surface area contributed by atoms with Crippen molar-refractivity contribution in [2.45, 2.75) is 56.5 Å². The number of rotatable bonds is 9. The van der Waals surface area contributed by atoms with E-state index in [1.165, 1.54) is 12.8 Å². The molecule has 0 aliphatic heterocycles. The van der Waals surface area contributed by atoms with Gasteiger partial charge in [0.2, 0.25) is 0 Å². The van der Waals surface area contributed by atoms with Gasteiger partial charge >= 0.3 is 5.97 Å². The van der Waals surface area contributed by atoms with Crippen molar-refractivity contribution in [2.24, 2.45) is 11.8 Å². The third-order valence-electron chi connectivity index (χ3n) is 4.39. The fraction of sp³-hybridized carbons (Fsp3) is 0.929. The van der Waals surface area contributed by atoms with Gasteiger partial charge in [0.05, 0.1) is 6.61 Å². The van der Waals surface area contributed by atoms with Gasteiger partial charge in [-0.15, -0.1) is 0 Å². The van der Waals surface area contributed by atoms with E-state index in [0.717, 1.165) is 44.6 Å². The van der Waals surface area contributed by atoms with Crippen LogP contribution in [0.5, 0.6) is 0 Å². The Morgan fingerprint density at radius 2 is 1.94 bits per heavy atom. The summed E-state index contributed by atoms with van der Waals surface area (Å²) in [5, 5.41) is 12.9. The first-order chi connectivity index (χ1) is 8.71. The summed E-state index contributed by atoms with van der Waals surface area (Å²) in [5.41, 5.74) is -0.801. The summed E-state index contributed by atoms with van der Waals surface area (Å²) in [5.74, 6) is 0.404. The average Bonchev–Trinajstić information content (AvgIpc) is 3.16. The van der Waals surface area contributed by atoms with Crippen LogP contribution in [-0.2, 0) is 9.53 Å². The summed E-state index contributed by atoms with van der Waals surface area (Å²) in [7, 11) is 0. The molecule has 102 valence electrons. The Morgan fingerprint density at radius 3 is 2.44 bits per heavy atom. The summed E-state index contributed by atoms with van der Waals surface area (Å²) in [6.07, 6.45) is 8.04. The van der Waals surface area contributed by atoms with Gasteiger partial charge in [-0.2, -0.15) is 0 Å². The number of hydrogen-bond donors (Lipinski definition) is 2. The summed E-state index contributed by atoms with van der Waals surface area (Å²) in [4.78, 5) is 11.7. The number of carboxylic acid groups (broad SMARTS) is 1. The number of hydrogen-bond acceptors (Lipinski definition) is 3. The molecule has 0 aromatic heterocycles. The second-order valence-electron chi connectivity index (χ2n) is 6.25. The van der Waals surface area contributed by atoms with Gasteiger partial charge in [-0.25, -0.2) is 0 Å². The maximum absolute atomic E-state index is 11.7. The van der Waals surface area contributed by atoms with Crippen LogP contribution in [0.15, 0.2) is 0 Å². The van der Waals surface area contributed by atoms with Crippen molar-refractivity contribution in [3.8, 4) is 0 Å². The Balaban J connectivity index is 1.53. The van der Waals surface area contributed by atoms with Crippen molar-refractivity contribution in [1.82, 2.24) is 5.32 Å². The fourth-order valence-electron chi connectivity index (χ4n) is 2.63. The number of carboxylic acids is 1. The maximum Gasteiger partial charge on any atom is 0.326 e. The van der Waals surface area contributed by atoms with Crippen LogP contribution in [0.25, 0.3) is 0 Å². The van der Waals surface area contributed by atoms with E-state index in [1.54, 1.807) is 0 Å². The Morgan fingerprint density at radius 1 is 1.22 bits per heavy atom. The highest BCUT2D eigenvalue weighted by Gasteiger charge is 2.53. The van der Waals surface area contributed by atoms with Crippen LogP contribution >= 0.6 is 0 Å². The van der Waals surface area contributed by atoms with Gasteiger partial charge in [0.15, 0.2) is 0 Å². The van der Waals surface area contributed by atoms with Crippen molar-refractivity contribution in [1.29, 1.82) is 0 Å². The first-order valence-electron chi connectivity index (χ1n) is 7.29. The Hall–Kier alpha value is -0.610. The van der Waals surface area contributed by atoms with Crippen LogP contribution in [0, 0.1) is 11.8 Å². The van der Waals surface area contributed by atoms with E-state index in [9.17, 15) is 9.90 Å².